The number of likely N-dealkylation sites (tertiary alicyclic amines) is 1. The van der Waals surface area contributed by atoms with Gasteiger partial charge in [0, 0.05) is 18.5 Å². The Balaban J connectivity index is 2.07. The van der Waals surface area contributed by atoms with Crippen LogP contribution < -0.4 is 0 Å². The first-order chi connectivity index (χ1) is 13.0. The molecule has 1 heterocycles. The molecule has 0 aromatic heterocycles. The smallest absolute Gasteiger partial charge is 0.303 e. The highest BCUT2D eigenvalue weighted by Crippen LogP contribution is 2.39. The lowest BCUT2D eigenvalue weighted by atomic mass is 9.95. The van der Waals surface area contributed by atoms with Gasteiger partial charge in [-0.1, -0.05) is 60.7 Å². The third-order valence-corrected chi connectivity index (χ3v) is 4.49. The fourth-order valence-electron chi connectivity index (χ4n) is 3.24. The molecule has 0 saturated carbocycles. The van der Waals surface area contributed by atoms with E-state index in [9.17, 15) is 19.5 Å². The molecule has 1 amide bonds. The predicted molar refractivity (Wildman–Crippen MR) is 98.8 cm³/mol. The molecule has 1 fully saturated rings. The molecule has 6 nitrogen and oxygen atoms in total. The highest BCUT2D eigenvalue weighted by Gasteiger charge is 2.45. The Morgan fingerprint density at radius 2 is 1.52 bits per heavy atom. The average molecular weight is 365 g/mol. The van der Waals surface area contributed by atoms with Gasteiger partial charge in [-0.05, 0) is 12.0 Å². The van der Waals surface area contributed by atoms with Crippen molar-refractivity contribution in [3.8, 4) is 0 Å². The van der Waals surface area contributed by atoms with Gasteiger partial charge in [0.15, 0.2) is 0 Å². The molecule has 3 rings (SSSR count). The molecular weight excluding hydrogens is 346 g/mol. The van der Waals surface area contributed by atoms with Crippen LogP contribution in [0.5, 0.6) is 0 Å². The Morgan fingerprint density at radius 3 is 2.11 bits per heavy atom. The highest BCUT2D eigenvalue weighted by molar-refractivity contribution is 6.46. The number of hydrogen-bond donors (Lipinski definition) is 2. The van der Waals surface area contributed by atoms with Crippen molar-refractivity contribution in [1.29, 1.82) is 0 Å². The number of nitrogens with zero attached hydrogens (tertiary/aromatic N) is 1. The van der Waals surface area contributed by atoms with Crippen LogP contribution in [-0.4, -0.2) is 39.3 Å². The van der Waals surface area contributed by atoms with Crippen molar-refractivity contribution >= 4 is 23.4 Å². The van der Waals surface area contributed by atoms with Crippen molar-refractivity contribution in [2.45, 2.75) is 18.9 Å². The highest BCUT2D eigenvalue weighted by atomic mass is 16.4. The number of aliphatic hydroxyl groups is 1. The fourth-order valence-corrected chi connectivity index (χ4v) is 3.24. The zero-order valence-electron chi connectivity index (χ0n) is 14.5. The van der Waals surface area contributed by atoms with Gasteiger partial charge in [0.1, 0.15) is 5.76 Å². The van der Waals surface area contributed by atoms with Crippen LogP contribution in [0, 0.1) is 0 Å². The Labute approximate surface area is 156 Å². The first-order valence-corrected chi connectivity index (χ1v) is 8.61. The molecule has 1 aliphatic rings. The van der Waals surface area contributed by atoms with E-state index in [0.717, 1.165) is 0 Å². The van der Waals surface area contributed by atoms with E-state index in [1.807, 2.05) is 6.07 Å². The molecule has 6 heteroatoms. The van der Waals surface area contributed by atoms with Gasteiger partial charge in [0.25, 0.3) is 11.7 Å². The number of benzene rings is 2. The lowest BCUT2D eigenvalue weighted by Gasteiger charge is -2.25. The average Bonchev–Trinajstić information content (AvgIpc) is 2.93. The van der Waals surface area contributed by atoms with Crippen LogP contribution in [0.1, 0.15) is 30.0 Å². The van der Waals surface area contributed by atoms with Crippen molar-refractivity contribution < 1.29 is 24.6 Å². The summed E-state index contributed by atoms with van der Waals surface area (Å²) in [6, 6.07) is 16.8. The third-order valence-electron chi connectivity index (χ3n) is 4.49. The SMILES string of the molecule is O=C(O)CCCN1C(=O)C(=O)C(=C(O)c2ccccc2)[C@H]1c1ccccc1. The number of Topliss-reactive ketones (excluding diaryl/α,β-unsaturated/α-hetero) is 1. The second-order valence-corrected chi connectivity index (χ2v) is 6.27. The molecule has 0 unspecified atom stereocenters. The van der Waals surface area contributed by atoms with Crippen LogP contribution >= 0.6 is 0 Å². The number of carboxylic acids is 1. The summed E-state index contributed by atoms with van der Waals surface area (Å²) in [5.41, 5.74) is 1.15. The standard InChI is InChI=1S/C21H19NO5/c23-16(24)12-7-13-22-18(14-8-3-1-4-9-14)17(20(26)21(22)27)19(25)15-10-5-2-6-11-15/h1-6,8-11,18,25H,7,12-13H2,(H,23,24)/t18-/m1/s1. The maximum absolute atomic E-state index is 12.7. The number of carboxylic acid groups (broad SMARTS) is 1. The molecule has 0 radical (unpaired) electrons. The number of carbonyl (C=O) groups is 3. The van der Waals surface area contributed by atoms with Gasteiger partial charge in [0.05, 0.1) is 11.6 Å². The van der Waals surface area contributed by atoms with Gasteiger partial charge >= 0.3 is 5.97 Å². The Hall–Kier alpha value is -3.41. The van der Waals surface area contributed by atoms with E-state index in [4.69, 9.17) is 5.11 Å². The lowest BCUT2D eigenvalue weighted by Crippen LogP contribution is -2.31. The van der Waals surface area contributed by atoms with Crippen LogP contribution in [0.25, 0.3) is 5.76 Å². The summed E-state index contributed by atoms with van der Waals surface area (Å²) in [5, 5.41) is 19.6. The summed E-state index contributed by atoms with van der Waals surface area (Å²) < 4.78 is 0. The molecule has 1 atom stereocenters. The number of carbonyl (C=O) groups excluding carboxylic acids is 2. The molecule has 0 bridgehead atoms. The van der Waals surface area contributed by atoms with E-state index in [1.54, 1.807) is 54.6 Å². The third kappa shape index (κ3) is 3.74. The van der Waals surface area contributed by atoms with E-state index in [-0.39, 0.29) is 30.7 Å². The molecule has 138 valence electrons. The number of amides is 1. The van der Waals surface area contributed by atoms with Gasteiger partial charge < -0.3 is 15.1 Å². The van der Waals surface area contributed by atoms with Crippen molar-refractivity contribution in [2.75, 3.05) is 6.54 Å². The van der Waals surface area contributed by atoms with Gasteiger partial charge in [0.2, 0.25) is 0 Å². The fraction of sp³-hybridized carbons (Fsp3) is 0.190. The van der Waals surface area contributed by atoms with E-state index < -0.39 is 23.7 Å². The van der Waals surface area contributed by atoms with Crippen molar-refractivity contribution in [3.63, 3.8) is 0 Å². The zero-order chi connectivity index (χ0) is 19.4. The van der Waals surface area contributed by atoms with Crippen LogP contribution in [0.3, 0.4) is 0 Å². The molecular formula is C21H19NO5. The number of aliphatic hydroxyl groups excluding tert-OH is 1. The summed E-state index contributed by atoms with van der Waals surface area (Å²) in [6.07, 6.45) is 0.111. The molecule has 2 aromatic rings. The number of aliphatic carboxylic acids is 1. The minimum Gasteiger partial charge on any atom is -0.507 e. The van der Waals surface area contributed by atoms with E-state index >= 15 is 0 Å². The Morgan fingerprint density at radius 1 is 0.926 bits per heavy atom. The topological polar surface area (TPSA) is 94.9 Å². The minimum atomic E-state index is -0.966. The second kappa shape index (κ2) is 7.86. The normalized spacial score (nSPS) is 18.7. The first-order valence-electron chi connectivity index (χ1n) is 8.61. The van der Waals surface area contributed by atoms with Gasteiger partial charge in [-0.15, -0.1) is 0 Å². The molecule has 0 spiro atoms. The van der Waals surface area contributed by atoms with Crippen LogP contribution in [0.2, 0.25) is 0 Å². The second-order valence-electron chi connectivity index (χ2n) is 6.27. The largest absolute Gasteiger partial charge is 0.507 e. The Kier molecular flexibility index (Phi) is 5.35. The Bertz CT molecular complexity index is 889. The maximum atomic E-state index is 12.7. The summed E-state index contributed by atoms with van der Waals surface area (Å²) in [7, 11) is 0. The molecule has 2 aromatic carbocycles. The molecule has 27 heavy (non-hydrogen) atoms. The van der Waals surface area contributed by atoms with Gasteiger partial charge in [-0.3, -0.25) is 14.4 Å². The number of hydrogen-bond acceptors (Lipinski definition) is 4. The van der Waals surface area contributed by atoms with Crippen molar-refractivity contribution in [3.05, 3.63) is 77.4 Å². The first kappa shape index (κ1) is 18.4. The van der Waals surface area contributed by atoms with E-state index in [2.05, 4.69) is 0 Å². The van der Waals surface area contributed by atoms with E-state index in [0.29, 0.717) is 11.1 Å². The van der Waals surface area contributed by atoms with Crippen LogP contribution in [0.15, 0.2) is 66.2 Å². The molecule has 0 aliphatic carbocycles. The predicted octanol–water partition coefficient (Wildman–Crippen LogP) is 2.97. The molecule has 2 N–H and O–H groups in total. The number of rotatable bonds is 6. The minimum absolute atomic E-state index is 0.0210. The summed E-state index contributed by atoms with van der Waals surface area (Å²) in [4.78, 5) is 37.4. The summed E-state index contributed by atoms with van der Waals surface area (Å²) in [6.45, 7) is 0.113. The molecule has 1 aliphatic heterocycles. The van der Waals surface area contributed by atoms with Crippen LogP contribution in [0.4, 0.5) is 0 Å². The van der Waals surface area contributed by atoms with Crippen LogP contribution in [-0.2, 0) is 14.4 Å². The van der Waals surface area contributed by atoms with Crippen molar-refractivity contribution in [1.82, 2.24) is 4.90 Å². The molecule has 1 saturated heterocycles. The van der Waals surface area contributed by atoms with Gasteiger partial charge in [-0.25, -0.2) is 0 Å². The monoisotopic (exact) mass is 365 g/mol. The zero-order valence-corrected chi connectivity index (χ0v) is 14.5. The summed E-state index contributed by atoms with van der Waals surface area (Å²) >= 11 is 0. The van der Waals surface area contributed by atoms with Gasteiger partial charge in [-0.2, -0.15) is 0 Å². The lowest BCUT2D eigenvalue weighted by molar-refractivity contribution is -0.140. The number of ketones is 1. The van der Waals surface area contributed by atoms with E-state index in [1.165, 1.54) is 4.90 Å². The summed E-state index contributed by atoms with van der Waals surface area (Å²) in [5.74, 6) is -2.69. The van der Waals surface area contributed by atoms with Crippen molar-refractivity contribution in [2.24, 2.45) is 0 Å². The maximum Gasteiger partial charge on any atom is 0.303 e. The quantitative estimate of drug-likeness (QED) is 0.466.